The Morgan fingerprint density at radius 1 is 1.00 bits per heavy atom. The van der Waals surface area contributed by atoms with Gasteiger partial charge in [0.15, 0.2) is 5.13 Å². The Hall–Kier alpha value is -3.97. The first kappa shape index (κ1) is 33.4. The van der Waals surface area contributed by atoms with E-state index >= 15 is 0 Å². The maximum Gasteiger partial charge on any atom is 0.310 e. The second kappa shape index (κ2) is 14.6. The molecule has 3 N–H and O–H groups in total. The van der Waals surface area contributed by atoms with Crippen molar-refractivity contribution in [2.75, 3.05) is 10.6 Å². The number of aryl methyl sites for hydroxylation is 2. The molecule has 0 spiro atoms. The number of carboxylic acid groups (broad SMARTS) is 1. The summed E-state index contributed by atoms with van der Waals surface area (Å²) in [7, 11) is 0. The number of aromatic nitrogens is 3. The van der Waals surface area contributed by atoms with Crippen molar-refractivity contribution in [2.45, 2.75) is 78.2 Å². The highest BCUT2D eigenvalue weighted by Gasteiger charge is 2.51. The molecule has 2 aromatic heterocycles. The van der Waals surface area contributed by atoms with Crippen LogP contribution in [0.25, 0.3) is 11.3 Å². The summed E-state index contributed by atoms with van der Waals surface area (Å²) in [6, 6.07) is 9.74. The minimum atomic E-state index is -1.49. The molecule has 2 aliphatic rings. The number of thiazole rings is 1. The molecule has 11 nitrogen and oxygen atoms in total. The molecule has 0 radical (unpaired) electrons. The van der Waals surface area contributed by atoms with Crippen LogP contribution < -0.4 is 10.6 Å². The Kier molecular flexibility index (Phi) is 10.6. The second-order valence-corrected chi connectivity index (χ2v) is 14.3. The van der Waals surface area contributed by atoms with Crippen LogP contribution in [0.5, 0.6) is 0 Å². The van der Waals surface area contributed by atoms with Crippen molar-refractivity contribution in [2.24, 2.45) is 23.2 Å². The van der Waals surface area contributed by atoms with Gasteiger partial charge in [0.05, 0.1) is 28.9 Å². The average molecular weight is 666 g/mol. The number of aliphatic carboxylic acids is 1. The summed E-state index contributed by atoms with van der Waals surface area (Å²) >= 11 is 2.64. The molecule has 1 aromatic carbocycles. The number of carbonyl (C=O) groups excluding carboxylic acids is 3. The Morgan fingerprint density at radius 3 is 2.41 bits per heavy atom. The first-order valence-corrected chi connectivity index (χ1v) is 17.3. The molecule has 0 aliphatic heterocycles. The highest BCUT2D eigenvalue weighted by atomic mass is 32.1. The van der Waals surface area contributed by atoms with Gasteiger partial charge in [-0.15, -0.1) is 21.5 Å². The van der Waals surface area contributed by atoms with Crippen LogP contribution in [0.4, 0.5) is 10.3 Å². The molecule has 1 saturated carbocycles. The molecule has 5 rings (SSSR count). The summed E-state index contributed by atoms with van der Waals surface area (Å²) in [5, 5.41) is 25.7. The van der Waals surface area contributed by atoms with Gasteiger partial charge in [0.25, 0.3) is 0 Å². The van der Waals surface area contributed by atoms with Gasteiger partial charge in [-0.2, -0.15) is 0 Å². The fourth-order valence-corrected chi connectivity index (χ4v) is 8.04. The lowest BCUT2D eigenvalue weighted by molar-refractivity contribution is -0.167. The standard InChI is InChI=1S/C33H39N5O6S2/c1-4-25-37-38-32(46-25)36-28(40)24-16-10-11-17-33(24,30(42)43)18-19(2)44-29(41)23-15-9-8-14-22(23)27(39)35-31-34-26(20(3)45-31)21-12-6-5-7-13-21/h5-7,10-13,19,22-24H,4,8-9,14-18H2,1-3H3,(H,42,43)(H,34,35,39)(H,36,38,40). The van der Waals surface area contributed by atoms with Gasteiger partial charge in [-0.3, -0.25) is 19.2 Å². The normalized spacial score (nSPS) is 23.3. The van der Waals surface area contributed by atoms with E-state index in [1.54, 1.807) is 19.1 Å². The number of hydrogen-bond acceptors (Lipinski definition) is 10. The minimum Gasteiger partial charge on any atom is -0.481 e. The van der Waals surface area contributed by atoms with E-state index in [-0.39, 0.29) is 25.2 Å². The van der Waals surface area contributed by atoms with Crippen molar-refractivity contribution < 1.29 is 29.0 Å². The fourth-order valence-electron chi connectivity index (χ4n) is 6.52. The molecule has 3 aromatic rings. The van der Waals surface area contributed by atoms with Crippen molar-refractivity contribution in [3.63, 3.8) is 0 Å². The lowest BCUT2D eigenvalue weighted by Gasteiger charge is -2.39. The minimum absolute atomic E-state index is 0.0585. The van der Waals surface area contributed by atoms with E-state index in [4.69, 9.17) is 4.74 Å². The van der Waals surface area contributed by atoms with Crippen molar-refractivity contribution in [3.8, 4) is 11.3 Å². The largest absolute Gasteiger partial charge is 0.481 e. The summed E-state index contributed by atoms with van der Waals surface area (Å²) in [6.07, 6.45) is 6.34. The number of anilines is 2. The van der Waals surface area contributed by atoms with Crippen LogP contribution in [0.15, 0.2) is 42.5 Å². The number of nitrogens with zero attached hydrogens (tertiary/aromatic N) is 3. The summed E-state index contributed by atoms with van der Waals surface area (Å²) in [5.74, 6) is -4.55. The number of amides is 2. The molecule has 0 bridgehead atoms. The molecule has 244 valence electrons. The maximum atomic E-state index is 13.6. The van der Waals surface area contributed by atoms with Crippen LogP contribution in [-0.4, -0.2) is 50.1 Å². The fraction of sp³-hybridized carbons (Fsp3) is 0.485. The zero-order valence-corrected chi connectivity index (χ0v) is 27.8. The Bertz CT molecular complexity index is 1600. The van der Waals surface area contributed by atoms with E-state index in [1.807, 2.05) is 44.2 Å². The van der Waals surface area contributed by atoms with Gasteiger partial charge in [0.1, 0.15) is 11.1 Å². The van der Waals surface area contributed by atoms with E-state index in [1.165, 1.54) is 22.7 Å². The van der Waals surface area contributed by atoms with Crippen LogP contribution in [0.2, 0.25) is 0 Å². The number of allylic oxidation sites excluding steroid dienone is 2. The Labute approximate surface area is 275 Å². The van der Waals surface area contributed by atoms with E-state index < -0.39 is 47.1 Å². The first-order valence-electron chi connectivity index (χ1n) is 15.7. The summed E-state index contributed by atoms with van der Waals surface area (Å²) < 4.78 is 5.87. The monoisotopic (exact) mass is 665 g/mol. The van der Waals surface area contributed by atoms with Gasteiger partial charge < -0.3 is 20.5 Å². The number of carboxylic acids is 1. The van der Waals surface area contributed by atoms with E-state index in [0.717, 1.165) is 34.0 Å². The van der Waals surface area contributed by atoms with Gasteiger partial charge >= 0.3 is 11.9 Å². The zero-order valence-electron chi connectivity index (χ0n) is 26.2. The lowest BCUT2D eigenvalue weighted by Crippen LogP contribution is -2.48. The molecule has 1 fully saturated rings. The topological polar surface area (TPSA) is 160 Å². The summed E-state index contributed by atoms with van der Waals surface area (Å²) in [5.41, 5.74) is 0.280. The highest BCUT2D eigenvalue weighted by Crippen LogP contribution is 2.44. The second-order valence-electron chi connectivity index (χ2n) is 12.0. The molecule has 13 heteroatoms. The Balaban J connectivity index is 1.25. The number of nitrogens with one attached hydrogen (secondary N) is 2. The SMILES string of the molecule is CCc1nnc(NC(=O)C2CC=CCC2(CC(C)OC(=O)C2CCCCC2C(=O)Nc2nc(-c3ccccc3)c(C)s2)C(=O)O)s1. The molecule has 2 heterocycles. The predicted molar refractivity (Wildman–Crippen MR) is 176 cm³/mol. The number of carbonyl (C=O) groups is 4. The smallest absolute Gasteiger partial charge is 0.310 e. The van der Waals surface area contributed by atoms with E-state index in [0.29, 0.717) is 29.5 Å². The van der Waals surface area contributed by atoms with Crippen LogP contribution in [0.1, 0.15) is 68.7 Å². The van der Waals surface area contributed by atoms with Crippen molar-refractivity contribution >= 4 is 56.7 Å². The highest BCUT2D eigenvalue weighted by molar-refractivity contribution is 7.16. The van der Waals surface area contributed by atoms with Gasteiger partial charge in [-0.25, -0.2) is 4.98 Å². The molecule has 5 unspecified atom stereocenters. The third-order valence-corrected chi connectivity index (χ3v) is 10.7. The van der Waals surface area contributed by atoms with Gasteiger partial charge in [0, 0.05) is 16.9 Å². The average Bonchev–Trinajstić information content (AvgIpc) is 3.66. The molecule has 0 saturated heterocycles. The number of hydrogen-bond donors (Lipinski definition) is 3. The lowest BCUT2D eigenvalue weighted by atomic mass is 9.65. The number of esters is 1. The molecule has 2 amide bonds. The van der Waals surface area contributed by atoms with Crippen molar-refractivity contribution in [3.05, 3.63) is 52.4 Å². The van der Waals surface area contributed by atoms with Crippen molar-refractivity contribution in [1.82, 2.24) is 15.2 Å². The van der Waals surface area contributed by atoms with Gasteiger partial charge in [-0.05, 0) is 46.0 Å². The van der Waals surface area contributed by atoms with Crippen molar-refractivity contribution in [1.29, 1.82) is 0 Å². The molecular formula is C33H39N5O6S2. The van der Waals surface area contributed by atoms with Crippen LogP contribution >= 0.6 is 22.7 Å². The summed E-state index contributed by atoms with van der Waals surface area (Å²) in [6.45, 7) is 5.54. The quantitative estimate of drug-likeness (QED) is 0.158. The van der Waals surface area contributed by atoms with Gasteiger partial charge in [0.2, 0.25) is 16.9 Å². The van der Waals surface area contributed by atoms with E-state index in [2.05, 4.69) is 25.8 Å². The predicted octanol–water partition coefficient (Wildman–Crippen LogP) is 6.28. The first-order chi connectivity index (χ1) is 22.1. The van der Waals surface area contributed by atoms with Crippen LogP contribution in [0.3, 0.4) is 0 Å². The number of ether oxygens (including phenoxy) is 1. The molecule has 2 aliphatic carbocycles. The van der Waals surface area contributed by atoms with Gasteiger partial charge in [-0.1, -0.05) is 73.6 Å². The number of rotatable bonds is 11. The molecule has 46 heavy (non-hydrogen) atoms. The third-order valence-electron chi connectivity index (χ3n) is 8.88. The molecule has 5 atom stereocenters. The number of benzene rings is 1. The van der Waals surface area contributed by atoms with Crippen LogP contribution in [0, 0.1) is 30.1 Å². The Morgan fingerprint density at radius 2 is 1.72 bits per heavy atom. The molecular weight excluding hydrogens is 627 g/mol. The maximum absolute atomic E-state index is 13.6. The van der Waals surface area contributed by atoms with Crippen LogP contribution in [-0.2, 0) is 30.3 Å². The third kappa shape index (κ3) is 7.36. The summed E-state index contributed by atoms with van der Waals surface area (Å²) in [4.78, 5) is 58.8. The zero-order chi connectivity index (χ0) is 32.8. The van der Waals surface area contributed by atoms with E-state index in [9.17, 15) is 24.3 Å².